The maximum Gasteiger partial charge on any atom is 0.257 e. The van der Waals surface area contributed by atoms with Gasteiger partial charge in [-0.05, 0) is 24.8 Å². The second-order valence-corrected chi connectivity index (χ2v) is 6.69. The summed E-state index contributed by atoms with van der Waals surface area (Å²) in [6.45, 7) is 4.56. The quantitative estimate of drug-likeness (QED) is 0.739. The van der Waals surface area contributed by atoms with Crippen LogP contribution in [-0.4, -0.2) is 37.4 Å². The molecule has 3 heterocycles. The smallest absolute Gasteiger partial charge is 0.257 e. The fourth-order valence-corrected chi connectivity index (χ4v) is 2.88. The molecule has 0 aliphatic heterocycles. The monoisotopic (exact) mass is 340 g/mol. The first-order valence-electron chi connectivity index (χ1n) is 8.55. The summed E-state index contributed by atoms with van der Waals surface area (Å²) in [4.78, 5) is 16.6. The topological polar surface area (TPSA) is 98.7 Å². The predicted octanol–water partition coefficient (Wildman–Crippen LogP) is 2.25. The van der Waals surface area contributed by atoms with Crippen LogP contribution in [0.15, 0.2) is 23.1 Å². The summed E-state index contributed by atoms with van der Waals surface area (Å²) in [5.41, 5.74) is 1.77. The fourth-order valence-electron chi connectivity index (χ4n) is 2.88. The van der Waals surface area contributed by atoms with Crippen LogP contribution in [0.5, 0.6) is 0 Å². The van der Waals surface area contributed by atoms with E-state index in [0.29, 0.717) is 30.3 Å². The van der Waals surface area contributed by atoms with E-state index in [1.54, 1.807) is 12.4 Å². The van der Waals surface area contributed by atoms with Gasteiger partial charge in [0.25, 0.3) is 11.6 Å². The van der Waals surface area contributed by atoms with Gasteiger partial charge in [0.15, 0.2) is 0 Å². The molecular weight excluding hydrogens is 320 g/mol. The van der Waals surface area contributed by atoms with Crippen LogP contribution >= 0.6 is 0 Å². The van der Waals surface area contributed by atoms with Crippen molar-refractivity contribution in [3.8, 4) is 0 Å². The highest BCUT2D eigenvalue weighted by atomic mass is 16.5. The molecule has 1 amide bonds. The largest absolute Gasteiger partial charge is 0.352 e. The van der Waals surface area contributed by atoms with Crippen molar-refractivity contribution in [2.45, 2.75) is 45.1 Å². The van der Waals surface area contributed by atoms with Gasteiger partial charge in [-0.25, -0.2) is 4.98 Å². The lowest BCUT2D eigenvalue weighted by Gasteiger charge is -2.07. The zero-order valence-corrected chi connectivity index (χ0v) is 14.3. The average molecular weight is 340 g/mol. The maximum atomic E-state index is 12.4. The van der Waals surface area contributed by atoms with Crippen LogP contribution in [0.1, 0.15) is 60.5 Å². The first-order valence-corrected chi connectivity index (χ1v) is 8.55. The maximum absolute atomic E-state index is 12.4. The molecule has 3 aromatic heterocycles. The van der Waals surface area contributed by atoms with Gasteiger partial charge < -0.3 is 14.4 Å². The Balaban J connectivity index is 1.43. The van der Waals surface area contributed by atoms with Crippen molar-refractivity contribution in [1.82, 2.24) is 30.2 Å². The van der Waals surface area contributed by atoms with Crippen molar-refractivity contribution in [3.63, 3.8) is 0 Å². The van der Waals surface area contributed by atoms with E-state index in [1.807, 2.05) is 13.8 Å². The summed E-state index contributed by atoms with van der Waals surface area (Å²) in [5, 5.41) is 15.8. The summed E-state index contributed by atoms with van der Waals surface area (Å²) in [7, 11) is 0. The van der Waals surface area contributed by atoms with Crippen molar-refractivity contribution in [1.29, 1.82) is 0 Å². The van der Waals surface area contributed by atoms with Crippen LogP contribution in [-0.2, 0) is 6.42 Å². The molecule has 0 atom stereocenters. The third kappa shape index (κ3) is 3.11. The van der Waals surface area contributed by atoms with Gasteiger partial charge in [0.2, 0.25) is 0 Å². The van der Waals surface area contributed by atoms with E-state index in [0.717, 1.165) is 16.9 Å². The van der Waals surface area contributed by atoms with Gasteiger partial charge in [0.1, 0.15) is 12.2 Å². The van der Waals surface area contributed by atoms with E-state index in [-0.39, 0.29) is 11.8 Å². The van der Waals surface area contributed by atoms with Crippen LogP contribution in [0.25, 0.3) is 11.1 Å². The van der Waals surface area contributed by atoms with Gasteiger partial charge >= 0.3 is 0 Å². The highest BCUT2D eigenvalue weighted by Crippen LogP contribution is 2.35. The second kappa shape index (κ2) is 6.27. The summed E-state index contributed by atoms with van der Waals surface area (Å²) < 4.78 is 7.31. The molecule has 0 radical (unpaired) electrons. The van der Waals surface area contributed by atoms with Crippen LogP contribution in [0, 0.1) is 0 Å². The van der Waals surface area contributed by atoms with E-state index < -0.39 is 0 Å². The Morgan fingerprint density at radius 3 is 3.04 bits per heavy atom. The summed E-state index contributed by atoms with van der Waals surface area (Å²) >= 11 is 0. The minimum atomic E-state index is -0.164. The minimum absolute atomic E-state index is 0.164. The lowest BCUT2D eigenvalue weighted by atomic mass is 10.1. The normalized spacial score (nSPS) is 14.4. The van der Waals surface area contributed by atoms with E-state index in [1.165, 1.54) is 19.0 Å². The van der Waals surface area contributed by atoms with Gasteiger partial charge in [0, 0.05) is 25.2 Å². The zero-order chi connectivity index (χ0) is 17.4. The van der Waals surface area contributed by atoms with Crippen LogP contribution in [0.3, 0.4) is 0 Å². The summed E-state index contributed by atoms with van der Waals surface area (Å²) in [6, 6.07) is 2.33. The molecule has 4 rings (SSSR count). The van der Waals surface area contributed by atoms with Crippen LogP contribution in [0.4, 0.5) is 0 Å². The van der Waals surface area contributed by atoms with Crippen molar-refractivity contribution in [2.24, 2.45) is 0 Å². The molecule has 1 saturated carbocycles. The van der Waals surface area contributed by atoms with Gasteiger partial charge in [-0.1, -0.05) is 19.0 Å². The summed E-state index contributed by atoms with van der Waals surface area (Å²) in [5.74, 6) is 0.954. The highest BCUT2D eigenvalue weighted by molar-refractivity contribution is 5.97. The number of rotatable bonds is 6. The number of pyridine rings is 1. The highest BCUT2D eigenvalue weighted by Gasteiger charge is 2.25. The molecule has 8 heteroatoms. The molecule has 1 aliphatic rings. The Kier molecular flexibility index (Phi) is 3.95. The molecule has 1 N–H and O–H groups in total. The van der Waals surface area contributed by atoms with Gasteiger partial charge in [-0.3, -0.25) is 4.79 Å². The number of carbonyl (C=O) groups excluding carboxylic acids is 1. The molecule has 130 valence electrons. The molecule has 3 aromatic rings. The number of nitrogens with zero attached hydrogens (tertiary/aromatic N) is 5. The Morgan fingerprint density at radius 1 is 1.44 bits per heavy atom. The molecule has 25 heavy (non-hydrogen) atoms. The number of nitrogens with one attached hydrogen (secondary N) is 1. The Labute approximate surface area is 144 Å². The Morgan fingerprint density at radius 2 is 2.28 bits per heavy atom. The fraction of sp³-hybridized carbons (Fsp3) is 0.471. The number of amides is 1. The molecule has 0 saturated heterocycles. The minimum Gasteiger partial charge on any atom is -0.352 e. The van der Waals surface area contributed by atoms with E-state index in [9.17, 15) is 4.79 Å². The third-order valence-electron chi connectivity index (χ3n) is 4.39. The van der Waals surface area contributed by atoms with Gasteiger partial charge in [-0.15, -0.1) is 10.2 Å². The zero-order valence-electron chi connectivity index (χ0n) is 14.3. The lowest BCUT2D eigenvalue weighted by Crippen LogP contribution is -2.26. The summed E-state index contributed by atoms with van der Waals surface area (Å²) in [6.07, 6.45) is 6.30. The van der Waals surface area contributed by atoms with Crippen molar-refractivity contribution in [2.75, 3.05) is 6.54 Å². The van der Waals surface area contributed by atoms with E-state index in [4.69, 9.17) is 4.52 Å². The van der Waals surface area contributed by atoms with Gasteiger partial charge in [-0.2, -0.15) is 0 Å². The van der Waals surface area contributed by atoms with Crippen molar-refractivity contribution in [3.05, 3.63) is 35.7 Å². The molecule has 0 unspecified atom stereocenters. The third-order valence-corrected chi connectivity index (χ3v) is 4.39. The number of carbonyl (C=O) groups is 1. The first kappa shape index (κ1) is 15.7. The Bertz CT molecular complexity index is 909. The second-order valence-electron chi connectivity index (χ2n) is 6.69. The van der Waals surface area contributed by atoms with E-state index >= 15 is 0 Å². The molecular formula is C17H20N6O2. The average Bonchev–Trinajstić information content (AvgIpc) is 3.18. The molecule has 0 aromatic carbocycles. The molecule has 1 aliphatic carbocycles. The SMILES string of the molecule is CC(C)c1noc2ncc(C(=O)NCCc3nncn3C3CC3)cc12. The van der Waals surface area contributed by atoms with Crippen molar-refractivity contribution < 1.29 is 9.32 Å². The number of aromatic nitrogens is 5. The number of fused-ring (bicyclic) bond motifs is 1. The van der Waals surface area contributed by atoms with Crippen LogP contribution in [0.2, 0.25) is 0 Å². The van der Waals surface area contributed by atoms with Gasteiger partial charge in [0.05, 0.1) is 16.6 Å². The Hall–Kier alpha value is -2.77. The molecule has 8 nitrogen and oxygen atoms in total. The van der Waals surface area contributed by atoms with Crippen LogP contribution < -0.4 is 5.32 Å². The predicted molar refractivity (Wildman–Crippen MR) is 90.2 cm³/mol. The molecule has 1 fully saturated rings. The molecule has 0 bridgehead atoms. The lowest BCUT2D eigenvalue weighted by molar-refractivity contribution is 0.0953. The number of hydrogen-bond acceptors (Lipinski definition) is 6. The molecule has 0 spiro atoms. The van der Waals surface area contributed by atoms with Crippen molar-refractivity contribution >= 4 is 17.0 Å². The van der Waals surface area contributed by atoms with E-state index in [2.05, 4.69) is 30.2 Å². The standard InChI is InChI=1S/C17H20N6O2/c1-10(2)15-13-7-11(8-19-17(13)25-22-15)16(24)18-6-5-14-21-20-9-23(14)12-3-4-12/h7-10,12H,3-6H2,1-2H3,(H,18,24). The number of hydrogen-bond donors (Lipinski definition) is 1. The first-order chi connectivity index (χ1) is 12.1.